The third-order valence-electron chi connectivity index (χ3n) is 4.99. The largest absolute Gasteiger partial charge is 0.478 e. The number of amides is 2. The summed E-state index contributed by atoms with van der Waals surface area (Å²) in [7, 11) is 0. The monoisotopic (exact) mass is 475 g/mol. The Labute approximate surface area is 196 Å². The van der Waals surface area contributed by atoms with Crippen molar-refractivity contribution in [2.24, 2.45) is 0 Å². The van der Waals surface area contributed by atoms with Crippen LogP contribution in [0.25, 0.3) is 0 Å². The molecular weight excluding hydrogens is 446 g/mol. The van der Waals surface area contributed by atoms with Gasteiger partial charge in [0.1, 0.15) is 22.7 Å². The van der Waals surface area contributed by atoms with Crippen LogP contribution in [0.1, 0.15) is 53.2 Å². The quantitative estimate of drug-likeness (QED) is 0.483. The second-order valence-corrected chi connectivity index (χ2v) is 9.82. The molecule has 10 heteroatoms. The van der Waals surface area contributed by atoms with Crippen LogP contribution in [0.5, 0.6) is 0 Å². The van der Waals surface area contributed by atoms with Gasteiger partial charge in [0.2, 0.25) is 5.91 Å². The minimum Gasteiger partial charge on any atom is -0.478 e. The van der Waals surface area contributed by atoms with E-state index in [1.165, 1.54) is 0 Å². The van der Waals surface area contributed by atoms with Gasteiger partial charge in [-0.25, -0.2) is 9.59 Å². The van der Waals surface area contributed by atoms with Gasteiger partial charge in [0.05, 0.1) is 12.2 Å². The van der Waals surface area contributed by atoms with Gasteiger partial charge in [0.25, 0.3) is 0 Å². The van der Waals surface area contributed by atoms with E-state index >= 15 is 0 Å². The highest BCUT2D eigenvalue weighted by Crippen LogP contribution is 2.39. The van der Waals surface area contributed by atoms with E-state index in [-0.39, 0.29) is 23.5 Å². The number of carboxylic acids is 1. The van der Waals surface area contributed by atoms with Gasteiger partial charge in [-0.05, 0) is 38.3 Å². The predicted molar refractivity (Wildman–Crippen MR) is 124 cm³/mol. The van der Waals surface area contributed by atoms with Crippen molar-refractivity contribution in [1.82, 2.24) is 10.6 Å². The summed E-state index contributed by atoms with van der Waals surface area (Å²) in [6.45, 7) is 5.68. The number of hydrogen-bond acceptors (Lipinski definition) is 7. The minimum absolute atomic E-state index is 0.114. The molecule has 2 aromatic rings. The van der Waals surface area contributed by atoms with E-state index < -0.39 is 35.7 Å². The van der Waals surface area contributed by atoms with Gasteiger partial charge in [-0.15, -0.1) is 11.3 Å². The molecule has 1 aliphatic rings. The lowest BCUT2D eigenvalue weighted by atomic mass is 10.0. The van der Waals surface area contributed by atoms with Crippen LogP contribution in [0.15, 0.2) is 30.3 Å². The maximum Gasteiger partial charge on any atom is 0.408 e. The number of rotatable bonds is 7. The summed E-state index contributed by atoms with van der Waals surface area (Å²) in [4.78, 5) is 37.6. The summed E-state index contributed by atoms with van der Waals surface area (Å²) in [5.41, 5.74) is 6.86. The molecule has 9 nitrogen and oxygen atoms in total. The number of thiophene rings is 1. The fourth-order valence-corrected chi connectivity index (χ4v) is 4.76. The molecule has 0 aliphatic carbocycles. The number of fused-ring (bicyclic) bond motifs is 1. The summed E-state index contributed by atoms with van der Waals surface area (Å²) >= 11 is 1.16. The maximum absolute atomic E-state index is 13.0. The third kappa shape index (κ3) is 6.45. The zero-order valence-electron chi connectivity index (χ0n) is 18.8. The molecule has 2 unspecified atom stereocenters. The lowest BCUT2D eigenvalue weighted by molar-refractivity contribution is -0.124. The van der Waals surface area contributed by atoms with Crippen molar-refractivity contribution in [2.45, 2.75) is 51.4 Å². The Bertz CT molecular complexity index is 1020. The van der Waals surface area contributed by atoms with E-state index in [1.807, 2.05) is 30.3 Å². The number of aromatic carboxylic acids is 1. The molecule has 1 aliphatic heterocycles. The molecule has 33 heavy (non-hydrogen) atoms. The van der Waals surface area contributed by atoms with Crippen LogP contribution in [0, 0.1) is 0 Å². The number of carboxylic acid groups (broad SMARTS) is 1. The van der Waals surface area contributed by atoms with Crippen LogP contribution in [-0.2, 0) is 27.1 Å². The van der Waals surface area contributed by atoms with Gasteiger partial charge in [-0.1, -0.05) is 30.3 Å². The number of alkyl carbamates (subject to hydrolysis) is 1. The number of nitrogen functional groups attached to an aromatic ring is 1. The zero-order valence-corrected chi connectivity index (χ0v) is 19.7. The minimum atomic E-state index is -1.07. The average Bonchev–Trinajstić information content (AvgIpc) is 3.07. The molecule has 3 rings (SSSR count). The normalized spacial score (nSPS) is 16.4. The van der Waals surface area contributed by atoms with Gasteiger partial charge >= 0.3 is 12.1 Å². The summed E-state index contributed by atoms with van der Waals surface area (Å²) in [6, 6.07) is 8.46. The first kappa shape index (κ1) is 24.5. The zero-order chi connectivity index (χ0) is 24.2. The van der Waals surface area contributed by atoms with E-state index in [1.54, 1.807) is 20.8 Å². The number of benzene rings is 1. The first-order valence-electron chi connectivity index (χ1n) is 10.6. The van der Waals surface area contributed by atoms with Crippen LogP contribution in [0.2, 0.25) is 0 Å². The lowest BCUT2D eigenvalue weighted by Gasteiger charge is -2.26. The first-order chi connectivity index (χ1) is 15.5. The maximum atomic E-state index is 13.0. The molecule has 0 saturated heterocycles. The van der Waals surface area contributed by atoms with Crippen molar-refractivity contribution >= 4 is 34.3 Å². The number of anilines is 1. The fourth-order valence-electron chi connectivity index (χ4n) is 3.60. The van der Waals surface area contributed by atoms with Gasteiger partial charge in [0.15, 0.2) is 0 Å². The highest BCUT2D eigenvalue weighted by atomic mass is 32.1. The third-order valence-corrected chi connectivity index (χ3v) is 6.15. The number of nitrogens with two attached hydrogens (primary N) is 1. The van der Waals surface area contributed by atoms with E-state index in [4.69, 9.17) is 15.2 Å². The molecule has 2 heterocycles. The molecule has 0 saturated carbocycles. The molecule has 178 valence electrons. The van der Waals surface area contributed by atoms with Crippen molar-refractivity contribution in [3.8, 4) is 0 Å². The van der Waals surface area contributed by atoms with Gasteiger partial charge in [-0.3, -0.25) is 4.79 Å². The number of carbonyl (C=O) groups excluding carboxylic acids is 2. The molecule has 0 radical (unpaired) electrons. The van der Waals surface area contributed by atoms with Crippen molar-refractivity contribution < 1.29 is 29.0 Å². The summed E-state index contributed by atoms with van der Waals surface area (Å²) in [5, 5.41) is 15.2. The van der Waals surface area contributed by atoms with Crippen molar-refractivity contribution in [1.29, 1.82) is 0 Å². The number of ether oxygens (including phenoxy) is 2. The standard InChI is InChI=1S/C23H29N3O6S/c1-23(2,3)32-22(30)26-15(11-13-7-5-4-6-8-13)20(27)25-12-16-18-14(9-10-31-16)17(21(28)29)19(24)33-18/h4-8,15-16H,9-12,24H2,1-3H3,(H,25,27)(H,26,30)(H,28,29). The Kier molecular flexibility index (Phi) is 7.60. The lowest BCUT2D eigenvalue weighted by Crippen LogP contribution is -2.50. The summed E-state index contributed by atoms with van der Waals surface area (Å²) in [6.07, 6.45) is -0.479. The van der Waals surface area contributed by atoms with Crippen LogP contribution >= 0.6 is 11.3 Å². The summed E-state index contributed by atoms with van der Waals surface area (Å²) in [5.74, 6) is -1.47. The van der Waals surface area contributed by atoms with Crippen LogP contribution in [-0.4, -0.2) is 47.9 Å². The molecule has 0 bridgehead atoms. The number of carbonyl (C=O) groups is 3. The first-order valence-corrected chi connectivity index (χ1v) is 11.4. The fraction of sp³-hybridized carbons (Fsp3) is 0.435. The highest BCUT2D eigenvalue weighted by Gasteiger charge is 2.31. The van der Waals surface area contributed by atoms with E-state index in [0.29, 0.717) is 23.5 Å². The topological polar surface area (TPSA) is 140 Å². The predicted octanol–water partition coefficient (Wildman–Crippen LogP) is 2.89. The van der Waals surface area contributed by atoms with Crippen LogP contribution < -0.4 is 16.4 Å². The molecular formula is C23H29N3O6S. The Hall–Kier alpha value is -3.11. The molecule has 0 fully saturated rings. The molecule has 1 aromatic heterocycles. The van der Waals surface area contributed by atoms with Crippen LogP contribution in [0.3, 0.4) is 0 Å². The van der Waals surface area contributed by atoms with Crippen molar-refractivity contribution in [3.63, 3.8) is 0 Å². The van der Waals surface area contributed by atoms with E-state index in [9.17, 15) is 19.5 Å². The van der Waals surface area contributed by atoms with Gasteiger partial charge < -0.3 is 30.9 Å². The Morgan fingerprint density at radius 1 is 1.27 bits per heavy atom. The molecule has 0 spiro atoms. The SMILES string of the molecule is CC(C)(C)OC(=O)NC(Cc1ccccc1)C(=O)NCC1OCCc2c1sc(N)c2C(=O)O. The Morgan fingerprint density at radius 2 is 1.97 bits per heavy atom. The average molecular weight is 476 g/mol. The van der Waals surface area contributed by atoms with Gasteiger partial charge in [-0.2, -0.15) is 0 Å². The second-order valence-electron chi connectivity index (χ2n) is 8.73. The molecule has 1 aromatic carbocycles. The highest BCUT2D eigenvalue weighted by molar-refractivity contribution is 7.16. The number of nitrogens with one attached hydrogen (secondary N) is 2. The molecule has 2 amide bonds. The van der Waals surface area contributed by atoms with Crippen LogP contribution in [0.4, 0.5) is 9.80 Å². The molecule has 2 atom stereocenters. The van der Waals surface area contributed by atoms with E-state index in [2.05, 4.69) is 10.6 Å². The van der Waals surface area contributed by atoms with Gasteiger partial charge in [0, 0.05) is 17.8 Å². The Morgan fingerprint density at radius 3 is 2.61 bits per heavy atom. The second kappa shape index (κ2) is 10.2. The Balaban J connectivity index is 1.71. The van der Waals surface area contributed by atoms with Crippen molar-refractivity contribution in [2.75, 3.05) is 18.9 Å². The van der Waals surface area contributed by atoms with Crippen molar-refractivity contribution in [3.05, 3.63) is 51.9 Å². The molecule has 5 N–H and O–H groups in total. The van der Waals surface area contributed by atoms with E-state index in [0.717, 1.165) is 16.9 Å². The number of hydrogen-bond donors (Lipinski definition) is 4. The smallest absolute Gasteiger partial charge is 0.408 e. The summed E-state index contributed by atoms with van der Waals surface area (Å²) < 4.78 is 11.1.